The van der Waals surface area contributed by atoms with Crippen molar-refractivity contribution in [1.29, 1.82) is 0 Å². The maximum atomic E-state index is 10.9. The van der Waals surface area contributed by atoms with Gasteiger partial charge in [-0.1, -0.05) is 30.3 Å². The molecule has 15 heavy (non-hydrogen) atoms. The lowest BCUT2D eigenvalue weighted by molar-refractivity contribution is -0.140. The minimum Gasteiger partial charge on any atom is -0.469 e. The van der Waals surface area contributed by atoms with E-state index >= 15 is 0 Å². The highest BCUT2D eigenvalue weighted by Gasteiger charge is 2.09. The topological polar surface area (TPSA) is 52.3 Å². The van der Waals surface area contributed by atoms with E-state index in [4.69, 9.17) is 5.73 Å². The normalized spacial score (nSPS) is 11.3. The van der Waals surface area contributed by atoms with E-state index in [1.165, 1.54) is 7.11 Å². The van der Waals surface area contributed by atoms with Gasteiger partial charge in [0.1, 0.15) is 0 Å². The third kappa shape index (κ3) is 5.40. The third-order valence-corrected chi connectivity index (χ3v) is 2.00. The molecule has 0 aliphatic heterocycles. The van der Waals surface area contributed by atoms with E-state index in [9.17, 15) is 4.79 Å². The van der Waals surface area contributed by atoms with Crippen molar-refractivity contribution in [2.45, 2.75) is 18.9 Å². The first-order valence-corrected chi connectivity index (χ1v) is 4.58. The Hall–Kier alpha value is -1.06. The molecule has 3 nitrogen and oxygen atoms in total. The molecule has 2 N–H and O–H groups in total. The number of esters is 1. The fraction of sp³-hybridized carbons (Fsp3) is 0.364. The maximum Gasteiger partial charge on any atom is 0.307 e. The van der Waals surface area contributed by atoms with Crippen molar-refractivity contribution < 1.29 is 9.53 Å². The molecule has 1 aromatic carbocycles. The summed E-state index contributed by atoms with van der Waals surface area (Å²) in [7, 11) is 1.37. The van der Waals surface area contributed by atoms with Crippen LogP contribution in [-0.2, 0) is 16.0 Å². The van der Waals surface area contributed by atoms with Crippen LogP contribution in [-0.4, -0.2) is 19.1 Å². The van der Waals surface area contributed by atoms with E-state index in [1.807, 2.05) is 30.3 Å². The van der Waals surface area contributed by atoms with Crippen LogP contribution >= 0.6 is 12.4 Å². The van der Waals surface area contributed by atoms with Crippen LogP contribution in [0, 0.1) is 0 Å². The van der Waals surface area contributed by atoms with E-state index in [-0.39, 0.29) is 30.8 Å². The summed E-state index contributed by atoms with van der Waals surface area (Å²) in [5, 5.41) is 0. The number of benzene rings is 1. The van der Waals surface area contributed by atoms with Gasteiger partial charge >= 0.3 is 5.97 Å². The van der Waals surface area contributed by atoms with Gasteiger partial charge in [0.05, 0.1) is 13.5 Å². The largest absolute Gasteiger partial charge is 0.469 e. The lowest BCUT2D eigenvalue weighted by Gasteiger charge is -2.09. The molecule has 0 aliphatic carbocycles. The zero-order valence-electron chi connectivity index (χ0n) is 8.68. The van der Waals surface area contributed by atoms with Gasteiger partial charge in [0.15, 0.2) is 0 Å². The fourth-order valence-electron chi connectivity index (χ4n) is 1.29. The minimum absolute atomic E-state index is 0. The van der Waals surface area contributed by atoms with E-state index in [0.29, 0.717) is 6.42 Å². The third-order valence-electron chi connectivity index (χ3n) is 2.00. The second-order valence-corrected chi connectivity index (χ2v) is 3.23. The Balaban J connectivity index is 0.00000196. The van der Waals surface area contributed by atoms with Gasteiger partial charge in [-0.05, 0) is 12.0 Å². The van der Waals surface area contributed by atoms with Crippen molar-refractivity contribution in [2.24, 2.45) is 5.73 Å². The summed E-state index contributed by atoms with van der Waals surface area (Å²) in [6, 6.07) is 9.70. The van der Waals surface area contributed by atoms with Gasteiger partial charge in [-0.25, -0.2) is 0 Å². The average molecular weight is 230 g/mol. The number of ether oxygens (including phenoxy) is 1. The van der Waals surface area contributed by atoms with Gasteiger partial charge in [-0.2, -0.15) is 0 Å². The molecular weight excluding hydrogens is 214 g/mol. The Morgan fingerprint density at radius 3 is 2.53 bits per heavy atom. The molecule has 0 bridgehead atoms. The first kappa shape index (κ1) is 13.9. The lowest BCUT2D eigenvalue weighted by Crippen LogP contribution is -2.26. The maximum absolute atomic E-state index is 10.9. The highest BCUT2D eigenvalue weighted by molar-refractivity contribution is 5.85. The first-order chi connectivity index (χ1) is 6.72. The number of nitrogens with two attached hydrogens (primary N) is 1. The molecule has 0 saturated carbocycles. The Morgan fingerprint density at radius 2 is 2.00 bits per heavy atom. The zero-order chi connectivity index (χ0) is 10.4. The van der Waals surface area contributed by atoms with Crippen LogP contribution in [0.5, 0.6) is 0 Å². The molecule has 1 atom stereocenters. The number of carbonyl (C=O) groups is 1. The van der Waals surface area contributed by atoms with Crippen molar-refractivity contribution in [2.75, 3.05) is 7.11 Å². The van der Waals surface area contributed by atoms with Crippen LogP contribution in [0.3, 0.4) is 0 Å². The van der Waals surface area contributed by atoms with E-state index < -0.39 is 0 Å². The standard InChI is InChI=1S/C11H15NO2.ClH/c1-14-11(13)8-10(12)7-9-5-3-2-4-6-9;/h2-6,10H,7-8,12H2,1H3;1H/t10-;/m1./s1. The molecule has 0 fully saturated rings. The van der Waals surface area contributed by atoms with E-state index in [2.05, 4.69) is 4.74 Å². The quantitative estimate of drug-likeness (QED) is 0.797. The van der Waals surface area contributed by atoms with Crippen molar-refractivity contribution >= 4 is 18.4 Å². The molecule has 1 aromatic rings. The fourth-order valence-corrected chi connectivity index (χ4v) is 1.29. The van der Waals surface area contributed by atoms with Gasteiger partial charge in [0.25, 0.3) is 0 Å². The minimum atomic E-state index is -0.256. The highest BCUT2D eigenvalue weighted by atomic mass is 35.5. The molecule has 4 heteroatoms. The predicted molar refractivity (Wildman–Crippen MR) is 62.0 cm³/mol. The summed E-state index contributed by atoms with van der Waals surface area (Å²) >= 11 is 0. The Morgan fingerprint density at radius 1 is 1.40 bits per heavy atom. The SMILES string of the molecule is COC(=O)C[C@H](N)Cc1ccccc1.Cl. The summed E-state index contributed by atoms with van der Waals surface area (Å²) in [4.78, 5) is 10.9. The molecular formula is C11H16ClNO2. The molecule has 0 heterocycles. The van der Waals surface area contributed by atoms with Crippen LogP contribution in [0.25, 0.3) is 0 Å². The molecule has 84 valence electrons. The molecule has 0 aliphatic rings. The summed E-state index contributed by atoms with van der Waals surface area (Å²) in [5.74, 6) is -0.256. The molecule has 0 radical (unpaired) electrons. The highest BCUT2D eigenvalue weighted by Crippen LogP contribution is 2.04. The predicted octanol–water partition coefficient (Wildman–Crippen LogP) is 1.54. The Kier molecular flexibility index (Phi) is 6.75. The molecule has 1 rings (SSSR count). The Labute approximate surface area is 96.0 Å². The molecule has 0 unspecified atom stereocenters. The van der Waals surface area contributed by atoms with Crippen LogP contribution in [0.15, 0.2) is 30.3 Å². The number of methoxy groups -OCH3 is 1. The van der Waals surface area contributed by atoms with Crippen molar-refractivity contribution in [1.82, 2.24) is 0 Å². The summed E-state index contributed by atoms with van der Waals surface area (Å²) in [6.07, 6.45) is 0.974. The summed E-state index contributed by atoms with van der Waals surface area (Å²) in [5.41, 5.74) is 6.92. The van der Waals surface area contributed by atoms with E-state index in [1.54, 1.807) is 0 Å². The van der Waals surface area contributed by atoms with Gasteiger partial charge in [0, 0.05) is 6.04 Å². The molecule has 0 saturated heterocycles. The number of hydrogen-bond donors (Lipinski definition) is 1. The van der Waals surface area contributed by atoms with Gasteiger partial charge in [0.2, 0.25) is 0 Å². The number of rotatable bonds is 4. The van der Waals surface area contributed by atoms with Crippen molar-refractivity contribution in [3.63, 3.8) is 0 Å². The van der Waals surface area contributed by atoms with Gasteiger partial charge in [-0.3, -0.25) is 4.79 Å². The molecule has 0 spiro atoms. The van der Waals surface area contributed by atoms with Gasteiger partial charge in [-0.15, -0.1) is 12.4 Å². The number of hydrogen-bond acceptors (Lipinski definition) is 3. The van der Waals surface area contributed by atoms with E-state index in [0.717, 1.165) is 5.56 Å². The van der Waals surface area contributed by atoms with Crippen LogP contribution in [0.2, 0.25) is 0 Å². The number of carbonyl (C=O) groups excluding carboxylic acids is 1. The van der Waals surface area contributed by atoms with Gasteiger partial charge < -0.3 is 10.5 Å². The molecule has 0 amide bonds. The van der Waals surface area contributed by atoms with Crippen molar-refractivity contribution in [3.05, 3.63) is 35.9 Å². The average Bonchev–Trinajstić information content (AvgIpc) is 2.19. The smallest absolute Gasteiger partial charge is 0.307 e. The lowest BCUT2D eigenvalue weighted by atomic mass is 10.0. The second-order valence-electron chi connectivity index (χ2n) is 3.23. The second kappa shape index (κ2) is 7.26. The van der Waals surface area contributed by atoms with Crippen LogP contribution < -0.4 is 5.73 Å². The molecule has 0 aromatic heterocycles. The monoisotopic (exact) mass is 229 g/mol. The van der Waals surface area contributed by atoms with Crippen LogP contribution in [0.4, 0.5) is 0 Å². The zero-order valence-corrected chi connectivity index (χ0v) is 9.50. The summed E-state index contributed by atoms with van der Waals surface area (Å²) in [6.45, 7) is 0. The first-order valence-electron chi connectivity index (χ1n) is 4.58. The number of halogens is 1. The van der Waals surface area contributed by atoms with Crippen molar-refractivity contribution in [3.8, 4) is 0 Å². The van der Waals surface area contributed by atoms with Crippen LogP contribution in [0.1, 0.15) is 12.0 Å². The Bertz CT molecular complexity index is 290. The summed E-state index contributed by atoms with van der Waals surface area (Å²) < 4.78 is 4.54.